The van der Waals surface area contributed by atoms with Crippen LogP contribution in [0.2, 0.25) is 0 Å². The highest BCUT2D eigenvalue weighted by Gasteiger charge is 2.18. The maximum absolute atomic E-state index is 11.1. The van der Waals surface area contributed by atoms with Crippen LogP contribution in [0.4, 0.5) is 0 Å². The summed E-state index contributed by atoms with van der Waals surface area (Å²) in [6.45, 7) is 0.557. The summed E-state index contributed by atoms with van der Waals surface area (Å²) in [5.74, 6) is 0.459. The zero-order chi connectivity index (χ0) is 8.55. The molecule has 4 nitrogen and oxygen atoms in total. The lowest BCUT2D eigenvalue weighted by Crippen LogP contribution is -2.10. The molecule has 1 aromatic heterocycles. The van der Waals surface area contributed by atoms with Crippen LogP contribution in [0.3, 0.4) is 0 Å². The van der Waals surface area contributed by atoms with Gasteiger partial charge in [-0.25, -0.2) is 0 Å². The maximum atomic E-state index is 11.1. The van der Waals surface area contributed by atoms with Crippen molar-refractivity contribution in [3.63, 3.8) is 0 Å². The van der Waals surface area contributed by atoms with Crippen LogP contribution in [0.1, 0.15) is 11.1 Å². The fourth-order valence-corrected chi connectivity index (χ4v) is 1.27. The summed E-state index contributed by atoms with van der Waals surface area (Å²) in [6.07, 6.45) is 2.37. The molecule has 0 unspecified atom stereocenters. The van der Waals surface area contributed by atoms with Crippen molar-refractivity contribution in [1.82, 2.24) is 4.98 Å². The smallest absolute Gasteiger partial charge is 0.269 e. The Morgan fingerprint density at radius 3 is 3.25 bits per heavy atom. The van der Waals surface area contributed by atoms with Crippen LogP contribution in [0.15, 0.2) is 11.0 Å². The first-order valence-corrected chi connectivity index (χ1v) is 3.60. The van der Waals surface area contributed by atoms with Crippen molar-refractivity contribution in [3.05, 3.63) is 27.7 Å². The number of hydrogen-bond donors (Lipinski definition) is 1. The molecule has 0 aromatic carbocycles. The molecule has 60 valence electrons. The molecule has 0 aliphatic carbocycles. The number of aromatic amines is 1. The highest BCUT2D eigenvalue weighted by molar-refractivity contribution is 5.47. The Balaban J connectivity index is 2.76. The molecule has 1 aromatic rings. The number of fused-ring (bicyclic) bond motifs is 1. The second-order valence-corrected chi connectivity index (χ2v) is 2.56. The van der Waals surface area contributed by atoms with Crippen molar-refractivity contribution in [3.8, 4) is 11.8 Å². The van der Waals surface area contributed by atoms with Gasteiger partial charge < -0.3 is 9.72 Å². The van der Waals surface area contributed by atoms with Gasteiger partial charge in [-0.2, -0.15) is 5.26 Å². The Morgan fingerprint density at radius 1 is 1.67 bits per heavy atom. The molecule has 2 heterocycles. The lowest BCUT2D eigenvalue weighted by molar-refractivity contribution is 0.355. The third-order valence-corrected chi connectivity index (χ3v) is 1.85. The van der Waals surface area contributed by atoms with Gasteiger partial charge in [0.25, 0.3) is 5.56 Å². The number of aromatic nitrogens is 1. The maximum Gasteiger partial charge on any atom is 0.269 e. The minimum Gasteiger partial charge on any atom is -0.491 e. The topological polar surface area (TPSA) is 65.9 Å². The SMILES string of the molecule is N#Cc1c2c(c[nH]c1=O)CCO2. The first-order chi connectivity index (χ1) is 5.83. The molecule has 0 saturated carbocycles. The van der Waals surface area contributed by atoms with E-state index in [2.05, 4.69) is 4.98 Å². The van der Waals surface area contributed by atoms with Crippen LogP contribution in [0, 0.1) is 11.3 Å². The normalized spacial score (nSPS) is 13.2. The van der Waals surface area contributed by atoms with Crippen LogP contribution in [0.25, 0.3) is 0 Å². The number of nitriles is 1. The predicted molar refractivity (Wildman–Crippen MR) is 41.0 cm³/mol. The lowest BCUT2D eigenvalue weighted by Gasteiger charge is -1.98. The number of rotatable bonds is 0. The highest BCUT2D eigenvalue weighted by atomic mass is 16.5. The Morgan fingerprint density at radius 2 is 2.50 bits per heavy atom. The van der Waals surface area contributed by atoms with Gasteiger partial charge >= 0.3 is 0 Å². The van der Waals surface area contributed by atoms with Gasteiger partial charge in [-0.05, 0) is 0 Å². The molecule has 1 N–H and O–H groups in total. The monoisotopic (exact) mass is 162 g/mol. The van der Waals surface area contributed by atoms with Crippen molar-refractivity contribution in [2.75, 3.05) is 6.61 Å². The molecular formula is C8H6N2O2. The van der Waals surface area contributed by atoms with Crippen molar-refractivity contribution < 1.29 is 4.74 Å². The molecule has 12 heavy (non-hydrogen) atoms. The van der Waals surface area contributed by atoms with E-state index < -0.39 is 0 Å². The van der Waals surface area contributed by atoms with Crippen molar-refractivity contribution >= 4 is 0 Å². The molecule has 0 atom stereocenters. The molecular weight excluding hydrogens is 156 g/mol. The van der Waals surface area contributed by atoms with Gasteiger partial charge in [0, 0.05) is 18.2 Å². The number of hydrogen-bond acceptors (Lipinski definition) is 3. The zero-order valence-corrected chi connectivity index (χ0v) is 6.26. The molecule has 0 fully saturated rings. The minimum absolute atomic E-state index is 0.0880. The highest BCUT2D eigenvalue weighted by Crippen LogP contribution is 2.25. The molecule has 0 saturated heterocycles. The third-order valence-electron chi connectivity index (χ3n) is 1.85. The summed E-state index contributed by atoms with van der Waals surface area (Å²) in [5.41, 5.74) is 0.620. The van der Waals surface area contributed by atoms with Gasteiger partial charge in [-0.1, -0.05) is 0 Å². The number of H-pyrrole nitrogens is 1. The Hall–Kier alpha value is -1.76. The van der Waals surface area contributed by atoms with E-state index in [1.165, 1.54) is 0 Å². The van der Waals surface area contributed by atoms with Gasteiger partial charge in [0.2, 0.25) is 0 Å². The quantitative estimate of drug-likeness (QED) is 0.591. The Labute approximate surface area is 68.4 Å². The summed E-state index contributed by atoms with van der Waals surface area (Å²) >= 11 is 0. The summed E-state index contributed by atoms with van der Waals surface area (Å²) in [7, 11) is 0. The number of nitrogens with one attached hydrogen (secondary N) is 1. The van der Waals surface area contributed by atoms with E-state index >= 15 is 0 Å². The van der Waals surface area contributed by atoms with E-state index in [1.54, 1.807) is 6.20 Å². The fraction of sp³-hybridized carbons (Fsp3) is 0.250. The molecule has 0 radical (unpaired) electrons. The lowest BCUT2D eigenvalue weighted by atomic mass is 10.2. The zero-order valence-electron chi connectivity index (χ0n) is 6.26. The van der Waals surface area contributed by atoms with E-state index in [0.717, 1.165) is 12.0 Å². The van der Waals surface area contributed by atoms with Gasteiger partial charge in [0.15, 0.2) is 5.56 Å². The second kappa shape index (κ2) is 2.38. The van der Waals surface area contributed by atoms with Gasteiger partial charge in [-0.15, -0.1) is 0 Å². The molecule has 4 heteroatoms. The molecule has 2 rings (SSSR count). The van der Waals surface area contributed by atoms with Crippen LogP contribution < -0.4 is 10.3 Å². The predicted octanol–water partition coefficient (Wildman–Crippen LogP) is 0.181. The van der Waals surface area contributed by atoms with Crippen molar-refractivity contribution in [2.45, 2.75) is 6.42 Å². The van der Waals surface area contributed by atoms with Gasteiger partial charge in [0.1, 0.15) is 11.8 Å². The van der Waals surface area contributed by atoms with Crippen LogP contribution in [0.5, 0.6) is 5.75 Å². The van der Waals surface area contributed by atoms with Crippen LogP contribution >= 0.6 is 0 Å². The van der Waals surface area contributed by atoms with Crippen LogP contribution in [-0.4, -0.2) is 11.6 Å². The average molecular weight is 162 g/mol. The Kier molecular flexibility index (Phi) is 1.37. The fourth-order valence-electron chi connectivity index (χ4n) is 1.27. The van der Waals surface area contributed by atoms with E-state index in [9.17, 15) is 4.79 Å². The number of nitrogens with zero attached hydrogens (tertiary/aromatic N) is 1. The summed E-state index contributed by atoms with van der Waals surface area (Å²) in [6, 6.07) is 1.83. The second-order valence-electron chi connectivity index (χ2n) is 2.56. The van der Waals surface area contributed by atoms with E-state index in [4.69, 9.17) is 10.00 Å². The van der Waals surface area contributed by atoms with Crippen molar-refractivity contribution in [1.29, 1.82) is 5.26 Å². The summed E-state index contributed by atoms with van der Waals surface area (Å²) < 4.78 is 5.16. The molecule has 0 amide bonds. The third kappa shape index (κ3) is 0.800. The molecule has 0 bridgehead atoms. The van der Waals surface area contributed by atoms with Gasteiger partial charge in [-0.3, -0.25) is 4.79 Å². The van der Waals surface area contributed by atoms with Crippen LogP contribution in [-0.2, 0) is 6.42 Å². The Bertz CT molecular complexity index is 414. The molecule has 1 aliphatic heterocycles. The van der Waals surface area contributed by atoms with E-state index in [-0.39, 0.29) is 11.1 Å². The molecule has 0 spiro atoms. The van der Waals surface area contributed by atoms with Crippen molar-refractivity contribution in [2.24, 2.45) is 0 Å². The summed E-state index contributed by atoms with van der Waals surface area (Å²) in [5, 5.41) is 8.63. The largest absolute Gasteiger partial charge is 0.491 e. The molecule has 1 aliphatic rings. The average Bonchev–Trinajstić information content (AvgIpc) is 2.52. The van der Waals surface area contributed by atoms with Gasteiger partial charge in [0.05, 0.1) is 6.61 Å². The first kappa shape index (κ1) is 6.92. The van der Waals surface area contributed by atoms with E-state index in [0.29, 0.717) is 12.4 Å². The van der Waals surface area contributed by atoms with E-state index in [1.807, 2.05) is 6.07 Å². The minimum atomic E-state index is -0.377. The standard InChI is InChI=1S/C8H6N2O2/c9-3-6-7-5(1-2-12-7)4-10-8(6)11/h4H,1-2H2,(H,10,11). The number of ether oxygens (including phenoxy) is 1. The summed E-state index contributed by atoms with van der Waals surface area (Å²) in [4.78, 5) is 13.5. The first-order valence-electron chi connectivity index (χ1n) is 3.60. The number of pyridine rings is 1.